The third kappa shape index (κ3) is 5.28. The minimum Gasteiger partial charge on any atom is -0.379 e. The van der Waals surface area contributed by atoms with Crippen LogP contribution >= 0.6 is 0 Å². The SMILES string of the molecule is CC(C)OCCCCNC(C)c1ccn[nH]1. The van der Waals surface area contributed by atoms with Crippen molar-refractivity contribution in [1.82, 2.24) is 15.5 Å². The summed E-state index contributed by atoms with van der Waals surface area (Å²) in [6.45, 7) is 8.15. The third-order valence-electron chi connectivity index (χ3n) is 2.46. The lowest BCUT2D eigenvalue weighted by atomic mass is 10.2. The van der Waals surface area contributed by atoms with E-state index in [1.165, 1.54) is 0 Å². The van der Waals surface area contributed by atoms with E-state index in [0.717, 1.165) is 31.7 Å². The molecular weight excluding hydrogens is 202 g/mol. The van der Waals surface area contributed by atoms with E-state index in [2.05, 4.69) is 36.3 Å². The molecule has 4 nitrogen and oxygen atoms in total. The Balaban J connectivity index is 1.99. The Labute approximate surface area is 97.8 Å². The summed E-state index contributed by atoms with van der Waals surface area (Å²) in [6.07, 6.45) is 4.38. The molecule has 0 aliphatic carbocycles. The Morgan fingerprint density at radius 3 is 2.81 bits per heavy atom. The van der Waals surface area contributed by atoms with Crippen molar-refractivity contribution in [2.24, 2.45) is 0 Å². The lowest BCUT2D eigenvalue weighted by Gasteiger charge is -2.12. The lowest BCUT2D eigenvalue weighted by Crippen LogP contribution is -2.20. The predicted octanol–water partition coefficient (Wildman–Crippen LogP) is 2.27. The number of ether oxygens (including phenoxy) is 1. The summed E-state index contributed by atoms with van der Waals surface area (Å²) in [5, 5.41) is 10.3. The highest BCUT2D eigenvalue weighted by atomic mass is 16.5. The van der Waals surface area contributed by atoms with E-state index < -0.39 is 0 Å². The maximum absolute atomic E-state index is 5.48. The van der Waals surface area contributed by atoms with Gasteiger partial charge in [-0.3, -0.25) is 5.10 Å². The highest BCUT2D eigenvalue weighted by Crippen LogP contribution is 2.07. The fourth-order valence-corrected chi connectivity index (χ4v) is 1.48. The summed E-state index contributed by atoms with van der Waals surface area (Å²) in [5.41, 5.74) is 1.14. The minimum atomic E-state index is 0.341. The molecule has 0 saturated heterocycles. The van der Waals surface area contributed by atoms with E-state index in [0.29, 0.717) is 12.1 Å². The van der Waals surface area contributed by atoms with Crippen LogP contribution in [-0.2, 0) is 4.74 Å². The van der Waals surface area contributed by atoms with Crippen LogP contribution in [0.5, 0.6) is 0 Å². The average molecular weight is 225 g/mol. The van der Waals surface area contributed by atoms with E-state index in [9.17, 15) is 0 Å². The zero-order valence-corrected chi connectivity index (χ0v) is 10.5. The van der Waals surface area contributed by atoms with Gasteiger partial charge in [0.2, 0.25) is 0 Å². The van der Waals surface area contributed by atoms with Gasteiger partial charge in [-0.05, 0) is 46.2 Å². The normalized spacial score (nSPS) is 13.2. The number of unbranched alkanes of at least 4 members (excludes halogenated alkanes) is 1. The highest BCUT2D eigenvalue weighted by molar-refractivity contribution is 5.02. The van der Waals surface area contributed by atoms with Gasteiger partial charge in [0.1, 0.15) is 0 Å². The molecule has 0 aliphatic rings. The first-order chi connectivity index (χ1) is 7.70. The van der Waals surface area contributed by atoms with Gasteiger partial charge in [0.05, 0.1) is 11.8 Å². The van der Waals surface area contributed by atoms with Gasteiger partial charge < -0.3 is 10.1 Å². The first-order valence-corrected chi connectivity index (χ1v) is 6.04. The number of hydrogen-bond donors (Lipinski definition) is 2. The summed E-state index contributed by atoms with van der Waals surface area (Å²) in [5.74, 6) is 0. The van der Waals surface area contributed by atoms with Crippen LogP contribution in [0.15, 0.2) is 12.3 Å². The number of aromatic amines is 1. The molecule has 0 spiro atoms. The summed E-state index contributed by atoms with van der Waals surface area (Å²) in [6, 6.07) is 2.34. The summed E-state index contributed by atoms with van der Waals surface area (Å²) in [4.78, 5) is 0. The summed E-state index contributed by atoms with van der Waals surface area (Å²) < 4.78 is 5.48. The van der Waals surface area contributed by atoms with Crippen LogP contribution in [0.25, 0.3) is 0 Å². The Morgan fingerprint density at radius 2 is 2.19 bits per heavy atom. The maximum atomic E-state index is 5.48. The van der Waals surface area contributed by atoms with Crippen molar-refractivity contribution in [1.29, 1.82) is 0 Å². The molecule has 0 amide bonds. The molecule has 0 bridgehead atoms. The molecule has 92 valence electrons. The van der Waals surface area contributed by atoms with Gasteiger partial charge in [-0.1, -0.05) is 0 Å². The van der Waals surface area contributed by atoms with Crippen LogP contribution in [0, 0.1) is 0 Å². The second-order valence-electron chi connectivity index (χ2n) is 4.31. The molecule has 1 aromatic heterocycles. The van der Waals surface area contributed by atoms with E-state index in [1.54, 1.807) is 6.20 Å². The molecule has 0 radical (unpaired) electrons. The first kappa shape index (κ1) is 13.2. The average Bonchev–Trinajstić information content (AvgIpc) is 2.75. The number of nitrogens with one attached hydrogen (secondary N) is 2. The maximum Gasteiger partial charge on any atom is 0.0518 e. The molecule has 1 aromatic rings. The van der Waals surface area contributed by atoms with Crippen molar-refractivity contribution >= 4 is 0 Å². The molecule has 1 atom stereocenters. The molecule has 1 rings (SSSR count). The Kier molecular flexibility index (Phi) is 6.11. The zero-order chi connectivity index (χ0) is 11.8. The standard InChI is InChI=1S/C12H23N3O/c1-10(2)16-9-5-4-7-13-11(3)12-6-8-14-15-12/h6,8,10-11,13H,4-5,7,9H2,1-3H3,(H,14,15). The van der Waals surface area contributed by atoms with Crippen LogP contribution in [0.3, 0.4) is 0 Å². The second-order valence-corrected chi connectivity index (χ2v) is 4.31. The topological polar surface area (TPSA) is 49.9 Å². The van der Waals surface area contributed by atoms with E-state index in [-0.39, 0.29) is 0 Å². The fourth-order valence-electron chi connectivity index (χ4n) is 1.48. The van der Waals surface area contributed by atoms with Gasteiger partial charge in [-0.2, -0.15) is 5.10 Å². The van der Waals surface area contributed by atoms with Gasteiger partial charge >= 0.3 is 0 Å². The molecule has 0 aromatic carbocycles. The lowest BCUT2D eigenvalue weighted by molar-refractivity contribution is 0.0759. The molecule has 2 N–H and O–H groups in total. The van der Waals surface area contributed by atoms with Crippen LogP contribution in [0.2, 0.25) is 0 Å². The molecule has 0 aliphatic heterocycles. The number of H-pyrrole nitrogens is 1. The Hall–Kier alpha value is -0.870. The van der Waals surface area contributed by atoms with Crippen LogP contribution in [0.4, 0.5) is 0 Å². The van der Waals surface area contributed by atoms with Gasteiger partial charge in [0.25, 0.3) is 0 Å². The predicted molar refractivity (Wildman–Crippen MR) is 65.3 cm³/mol. The third-order valence-corrected chi connectivity index (χ3v) is 2.46. The van der Waals surface area contributed by atoms with Crippen LogP contribution < -0.4 is 5.32 Å². The molecular formula is C12H23N3O. The zero-order valence-electron chi connectivity index (χ0n) is 10.5. The minimum absolute atomic E-state index is 0.341. The molecule has 4 heteroatoms. The fraction of sp³-hybridized carbons (Fsp3) is 0.750. The Morgan fingerprint density at radius 1 is 1.38 bits per heavy atom. The molecule has 16 heavy (non-hydrogen) atoms. The second kappa shape index (κ2) is 7.41. The smallest absolute Gasteiger partial charge is 0.0518 e. The summed E-state index contributed by atoms with van der Waals surface area (Å²) >= 11 is 0. The number of aromatic nitrogens is 2. The molecule has 1 heterocycles. The first-order valence-electron chi connectivity index (χ1n) is 6.04. The number of hydrogen-bond acceptors (Lipinski definition) is 3. The van der Waals surface area contributed by atoms with Crippen molar-refractivity contribution in [3.05, 3.63) is 18.0 Å². The highest BCUT2D eigenvalue weighted by Gasteiger charge is 2.04. The van der Waals surface area contributed by atoms with Crippen molar-refractivity contribution in [2.45, 2.75) is 45.8 Å². The Bertz CT molecular complexity index is 259. The monoisotopic (exact) mass is 225 g/mol. The summed E-state index contributed by atoms with van der Waals surface area (Å²) in [7, 11) is 0. The molecule has 0 saturated carbocycles. The van der Waals surface area contributed by atoms with Crippen molar-refractivity contribution in [2.75, 3.05) is 13.2 Å². The van der Waals surface area contributed by atoms with Crippen molar-refractivity contribution in [3.63, 3.8) is 0 Å². The van der Waals surface area contributed by atoms with Crippen molar-refractivity contribution in [3.8, 4) is 0 Å². The van der Waals surface area contributed by atoms with E-state index >= 15 is 0 Å². The molecule has 1 unspecified atom stereocenters. The number of rotatable bonds is 8. The van der Waals surface area contributed by atoms with Crippen LogP contribution in [0.1, 0.15) is 45.3 Å². The largest absolute Gasteiger partial charge is 0.379 e. The van der Waals surface area contributed by atoms with E-state index in [4.69, 9.17) is 4.74 Å². The van der Waals surface area contributed by atoms with Crippen LogP contribution in [-0.4, -0.2) is 29.5 Å². The molecule has 0 fully saturated rings. The van der Waals surface area contributed by atoms with E-state index in [1.807, 2.05) is 6.07 Å². The van der Waals surface area contributed by atoms with Gasteiger partial charge in [0.15, 0.2) is 0 Å². The van der Waals surface area contributed by atoms with Gasteiger partial charge in [-0.15, -0.1) is 0 Å². The van der Waals surface area contributed by atoms with Crippen molar-refractivity contribution < 1.29 is 4.74 Å². The van der Waals surface area contributed by atoms with Gasteiger partial charge in [0, 0.05) is 18.8 Å². The number of nitrogens with zero attached hydrogens (tertiary/aromatic N) is 1. The quantitative estimate of drug-likeness (QED) is 0.667. The van der Waals surface area contributed by atoms with Gasteiger partial charge in [-0.25, -0.2) is 0 Å².